The number of hydrogen-bond acceptors (Lipinski definition) is 3. The molecule has 1 unspecified atom stereocenters. The normalized spacial score (nSPS) is 12.8. The van der Waals surface area contributed by atoms with E-state index < -0.39 is 0 Å². The smallest absolute Gasteiger partial charge is 0.298 e. The van der Waals surface area contributed by atoms with Crippen molar-refractivity contribution in [3.8, 4) is 0 Å². The lowest BCUT2D eigenvalue weighted by Gasteiger charge is -2.06. The van der Waals surface area contributed by atoms with Crippen LogP contribution in [0.3, 0.4) is 0 Å². The molecule has 0 N–H and O–H groups in total. The van der Waals surface area contributed by atoms with Crippen LogP contribution in [0.5, 0.6) is 0 Å². The third-order valence-corrected chi connectivity index (χ3v) is 3.02. The number of rotatable bonds is 6. The van der Waals surface area contributed by atoms with Crippen molar-refractivity contribution in [2.75, 3.05) is 6.61 Å². The lowest BCUT2D eigenvalue weighted by atomic mass is 10.3. The van der Waals surface area contributed by atoms with Gasteiger partial charge in [-0.15, -0.1) is 0 Å². The molecule has 1 atom stereocenters. The van der Waals surface area contributed by atoms with Crippen molar-refractivity contribution in [2.24, 2.45) is 0 Å². The van der Waals surface area contributed by atoms with E-state index in [9.17, 15) is 4.79 Å². The van der Waals surface area contributed by atoms with Crippen molar-refractivity contribution in [2.45, 2.75) is 38.7 Å². The van der Waals surface area contributed by atoms with Crippen LogP contribution in [0.1, 0.15) is 33.1 Å². The van der Waals surface area contributed by atoms with Gasteiger partial charge in [0.2, 0.25) is 0 Å². The van der Waals surface area contributed by atoms with Crippen LogP contribution >= 0.6 is 0 Å². The highest BCUT2D eigenvalue weighted by atomic mass is 28.1. The Kier molecular flexibility index (Phi) is 7.09. The van der Waals surface area contributed by atoms with E-state index >= 15 is 0 Å². The van der Waals surface area contributed by atoms with Crippen LogP contribution in [0.25, 0.3) is 0 Å². The zero-order valence-corrected chi connectivity index (χ0v) is 10.1. The topological polar surface area (TPSA) is 35.5 Å². The van der Waals surface area contributed by atoms with Crippen LogP contribution in [0, 0.1) is 0 Å². The summed E-state index contributed by atoms with van der Waals surface area (Å²) in [6.07, 6.45) is 2.84. The summed E-state index contributed by atoms with van der Waals surface area (Å²) in [7, 11) is 0.838. The standard InChI is InChI=1S/C8H18O3Si/c1-3-5-6-10-11-8(9)7(12)4-2/h7H,3-6H2,1-2,12H3. The van der Waals surface area contributed by atoms with E-state index in [0.717, 1.165) is 29.5 Å². The number of carbonyl (C=O) groups excluding carboxylic acids is 1. The number of carbonyl (C=O) groups is 1. The Hall–Kier alpha value is -0.353. The zero-order chi connectivity index (χ0) is 9.40. The first-order valence-corrected chi connectivity index (χ1v) is 5.71. The van der Waals surface area contributed by atoms with Gasteiger partial charge in [0, 0.05) is 15.8 Å². The highest BCUT2D eigenvalue weighted by molar-refractivity contribution is 6.22. The van der Waals surface area contributed by atoms with E-state index in [1.54, 1.807) is 0 Å². The van der Waals surface area contributed by atoms with Crippen LogP contribution in [0.15, 0.2) is 0 Å². The molecule has 72 valence electrons. The molecule has 0 radical (unpaired) electrons. The predicted octanol–water partition coefficient (Wildman–Crippen LogP) is 0.825. The Morgan fingerprint density at radius 2 is 2.17 bits per heavy atom. The van der Waals surface area contributed by atoms with Gasteiger partial charge in [-0.25, -0.2) is 4.79 Å². The maximum absolute atomic E-state index is 11.0. The number of hydrogen-bond donors (Lipinski definition) is 0. The first-order valence-electron chi connectivity index (χ1n) is 4.55. The predicted molar refractivity (Wildman–Crippen MR) is 50.9 cm³/mol. The number of unbranched alkanes of at least 4 members (excludes halogenated alkanes) is 1. The zero-order valence-electron chi connectivity index (χ0n) is 8.13. The van der Waals surface area contributed by atoms with E-state index in [-0.39, 0.29) is 11.5 Å². The molecule has 0 aliphatic rings. The second kappa shape index (κ2) is 7.30. The largest absolute Gasteiger partial charge is 0.341 e. The van der Waals surface area contributed by atoms with Crippen molar-refractivity contribution in [3.63, 3.8) is 0 Å². The first-order chi connectivity index (χ1) is 5.72. The molecule has 4 heteroatoms. The minimum absolute atomic E-state index is 0.0756. The van der Waals surface area contributed by atoms with Crippen LogP contribution in [-0.2, 0) is 14.6 Å². The monoisotopic (exact) mass is 190 g/mol. The highest BCUT2D eigenvalue weighted by Gasteiger charge is 2.12. The third kappa shape index (κ3) is 5.32. The van der Waals surface area contributed by atoms with Gasteiger partial charge in [-0.05, 0) is 12.8 Å². The Morgan fingerprint density at radius 1 is 1.50 bits per heavy atom. The van der Waals surface area contributed by atoms with Crippen molar-refractivity contribution in [1.82, 2.24) is 0 Å². The van der Waals surface area contributed by atoms with Gasteiger partial charge in [0.15, 0.2) is 0 Å². The second-order valence-electron chi connectivity index (χ2n) is 2.89. The molecule has 0 bridgehead atoms. The average molecular weight is 190 g/mol. The molecule has 0 spiro atoms. The Balaban J connectivity index is 3.31. The highest BCUT2D eigenvalue weighted by Crippen LogP contribution is 2.06. The van der Waals surface area contributed by atoms with Crippen LogP contribution in [0.2, 0.25) is 5.54 Å². The Labute approximate surface area is 76.8 Å². The van der Waals surface area contributed by atoms with Crippen LogP contribution < -0.4 is 0 Å². The summed E-state index contributed by atoms with van der Waals surface area (Å²) < 4.78 is 0. The van der Waals surface area contributed by atoms with Crippen molar-refractivity contribution >= 4 is 16.2 Å². The van der Waals surface area contributed by atoms with E-state index in [1.807, 2.05) is 6.92 Å². The fraction of sp³-hybridized carbons (Fsp3) is 0.875. The molecule has 0 heterocycles. The van der Waals surface area contributed by atoms with E-state index in [2.05, 4.69) is 11.8 Å². The fourth-order valence-corrected chi connectivity index (χ4v) is 0.648. The van der Waals surface area contributed by atoms with E-state index in [0.29, 0.717) is 6.61 Å². The first kappa shape index (κ1) is 11.6. The molecule has 0 amide bonds. The molecule has 0 aromatic heterocycles. The molecule has 0 aromatic carbocycles. The molecular weight excluding hydrogens is 172 g/mol. The minimum Gasteiger partial charge on any atom is -0.298 e. The molecule has 0 fully saturated rings. The summed E-state index contributed by atoms with van der Waals surface area (Å²) >= 11 is 0. The van der Waals surface area contributed by atoms with Gasteiger partial charge in [-0.2, -0.15) is 4.89 Å². The minimum atomic E-state index is -0.208. The molecule has 0 saturated carbocycles. The molecule has 0 aromatic rings. The van der Waals surface area contributed by atoms with Crippen LogP contribution in [-0.4, -0.2) is 22.8 Å². The fourth-order valence-electron chi connectivity index (χ4n) is 0.552. The molecular formula is C8H18O3Si. The van der Waals surface area contributed by atoms with Crippen molar-refractivity contribution < 1.29 is 14.6 Å². The Bertz CT molecular complexity index is 127. The summed E-state index contributed by atoms with van der Waals surface area (Å²) in [6, 6.07) is 0. The van der Waals surface area contributed by atoms with Gasteiger partial charge >= 0.3 is 5.97 Å². The van der Waals surface area contributed by atoms with Gasteiger partial charge in [-0.1, -0.05) is 20.3 Å². The maximum Gasteiger partial charge on any atom is 0.341 e. The summed E-state index contributed by atoms with van der Waals surface area (Å²) in [6.45, 7) is 4.55. The molecule has 0 aliphatic heterocycles. The van der Waals surface area contributed by atoms with E-state index in [1.165, 1.54) is 0 Å². The van der Waals surface area contributed by atoms with Gasteiger partial charge < -0.3 is 0 Å². The van der Waals surface area contributed by atoms with Gasteiger partial charge in [0.25, 0.3) is 0 Å². The Morgan fingerprint density at radius 3 is 2.67 bits per heavy atom. The summed E-state index contributed by atoms with van der Waals surface area (Å²) in [5.41, 5.74) is 0.0756. The SMILES string of the molecule is CCCCOOC(=O)C([SiH3])CC. The summed E-state index contributed by atoms with van der Waals surface area (Å²) in [4.78, 5) is 20.3. The second-order valence-corrected chi connectivity index (χ2v) is 4.28. The van der Waals surface area contributed by atoms with Gasteiger partial charge in [-0.3, -0.25) is 4.89 Å². The molecule has 0 aliphatic carbocycles. The molecule has 12 heavy (non-hydrogen) atoms. The molecule has 0 saturated heterocycles. The quantitative estimate of drug-likeness (QED) is 0.269. The summed E-state index contributed by atoms with van der Waals surface area (Å²) in [5.74, 6) is -0.208. The van der Waals surface area contributed by atoms with Crippen molar-refractivity contribution in [3.05, 3.63) is 0 Å². The average Bonchev–Trinajstić information content (AvgIpc) is 2.10. The van der Waals surface area contributed by atoms with Gasteiger partial charge in [0.05, 0.1) is 6.61 Å². The van der Waals surface area contributed by atoms with Gasteiger partial charge in [0.1, 0.15) is 0 Å². The third-order valence-electron chi connectivity index (χ3n) is 1.74. The lowest BCUT2D eigenvalue weighted by molar-refractivity contribution is -0.272. The molecule has 0 rings (SSSR count). The van der Waals surface area contributed by atoms with Crippen LogP contribution in [0.4, 0.5) is 0 Å². The molecule has 3 nitrogen and oxygen atoms in total. The summed E-state index contributed by atoms with van der Waals surface area (Å²) in [5, 5.41) is 0. The maximum atomic E-state index is 11.0. The van der Waals surface area contributed by atoms with Crippen molar-refractivity contribution in [1.29, 1.82) is 0 Å². The van der Waals surface area contributed by atoms with E-state index in [4.69, 9.17) is 4.89 Å². The lowest BCUT2D eigenvalue weighted by Crippen LogP contribution is -2.12.